The van der Waals surface area contributed by atoms with Crippen LogP contribution < -0.4 is 5.32 Å². The number of hydrogen-bond donors (Lipinski definition) is 1. The third-order valence-corrected chi connectivity index (χ3v) is 5.56. The number of urea groups is 1. The number of morpholine rings is 1. The largest absolute Gasteiger partial charge is 0.375 e. The van der Waals surface area contributed by atoms with Crippen molar-refractivity contribution in [2.45, 2.75) is 39.0 Å². The molecule has 0 bridgehead atoms. The highest BCUT2D eigenvalue weighted by atomic mass is 32.1. The molecular formula is C16H25N3O2S. The van der Waals surface area contributed by atoms with Gasteiger partial charge in [0.05, 0.1) is 12.7 Å². The summed E-state index contributed by atoms with van der Waals surface area (Å²) in [6, 6.07) is 2.62. The lowest BCUT2D eigenvalue weighted by Crippen LogP contribution is -2.51. The number of nitrogens with zero attached hydrogens (tertiary/aromatic N) is 2. The zero-order valence-corrected chi connectivity index (χ0v) is 14.2. The lowest BCUT2D eigenvalue weighted by Gasteiger charge is -2.34. The Morgan fingerprint density at radius 1 is 1.55 bits per heavy atom. The Morgan fingerprint density at radius 3 is 3.23 bits per heavy atom. The van der Waals surface area contributed by atoms with Gasteiger partial charge in [-0.15, -0.1) is 11.3 Å². The van der Waals surface area contributed by atoms with Crippen molar-refractivity contribution < 1.29 is 9.53 Å². The molecule has 0 unspecified atom stereocenters. The lowest BCUT2D eigenvalue weighted by molar-refractivity contribution is -0.00369. The number of thiophene rings is 1. The Hall–Kier alpha value is -1.11. The predicted octanol–water partition coefficient (Wildman–Crippen LogP) is 1.92. The maximum atomic E-state index is 12.2. The van der Waals surface area contributed by atoms with E-state index in [1.54, 1.807) is 0 Å². The second kappa shape index (κ2) is 6.98. The van der Waals surface area contributed by atoms with E-state index in [1.807, 2.05) is 23.2 Å². The van der Waals surface area contributed by atoms with Gasteiger partial charge in [0.25, 0.3) is 0 Å². The molecule has 0 spiro atoms. The number of carbonyl (C=O) groups excluding carboxylic acids is 1. The molecule has 1 aromatic heterocycles. The fraction of sp³-hybridized carbons (Fsp3) is 0.688. The molecule has 122 valence electrons. The van der Waals surface area contributed by atoms with E-state index >= 15 is 0 Å². The topological polar surface area (TPSA) is 44.8 Å². The number of ether oxygens (including phenoxy) is 1. The molecule has 6 heteroatoms. The molecule has 2 amide bonds. The number of rotatable bonds is 3. The molecule has 0 saturated carbocycles. The Bertz CT molecular complexity index is 519. The number of carbonyl (C=O) groups is 1. The summed E-state index contributed by atoms with van der Waals surface area (Å²) in [7, 11) is 0. The maximum absolute atomic E-state index is 12.2. The standard InChI is InChI=1S/C16H25N3O2S/c1-12(18-5-3-15-14(11-18)4-8-22-15)9-17-16(20)19-6-7-21-13(2)10-19/h4,8,12-13H,3,5-7,9-11H2,1-2H3,(H,17,20)/t12-,13+/m1/s1. The molecule has 0 aliphatic carbocycles. The lowest BCUT2D eigenvalue weighted by atomic mass is 10.1. The molecule has 0 radical (unpaired) electrons. The molecule has 1 fully saturated rings. The van der Waals surface area contributed by atoms with Gasteiger partial charge in [0.2, 0.25) is 0 Å². The van der Waals surface area contributed by atoms with Crippen LogP contribution in [0, 0.1) is 0 Å². The SMILES string of the molecule is C[C@H](CNC(=O)N1CCO[C@@H](C)C1)N1CCc2sccc2C1. The van der Waals surface area contributed by atoms with Crippen molar-refractivity contribution in [2.75, 3.05) is 32.8 Å². The summed E-state index contributed by atoms with van der Waals surface area (Å²) in [4.78, 5) is 18.1. The average molecular weight is 323 g/mol. The molecular weight excluding hydrogens is 298 g/mol. The average Bonchev–Trinajstić information content (AvgIpc) is 2.99. The molecule has 3 rings (SSSR count). The van der Waals surface area contributed by atoms with Crippen LogP contribution in [0.3, 0.4) is 0 Å². The summed E-state index contributed by atoms with van der Waals surface area (Å²) in [5.41, 5.74) is 1.46. The Kier molecular flexibility index (Phi) is 5.00. The molecule has 3 heterocycles. The molecule has 5 nitrogen and oxygen atoms in total. The van der Waals surface area contributed by atoms with Gasteiger partial charge in [0.15, 0.2) is 0 Å². The minimum atomic E-state index is 0.0373. The zero-order valence-electron chi connectivity index (χ0n) is 13.4. The van der Waals surface area contributed by atoms with E-state index in [-0.39, 0.29) is 12.1 Å². The normalized spacial score (nSPS) is 23.9. The van der Waals surface area contributed by atoms with Crippen molar-refractivity contribution in [2.24, 2.45) is 0 Å². The summed E-state index contributed by atoms with van der Waals surface area (Å²) in [5.74, 6) is 0. The van der Waals surface area contributed by atoms with Crippen LogP contribution in [0.4, 0.5) is 4.79 Å². The van der Waals surface area contributed by atoms with Crippen molar-refractivity contribution >= 4 is 17.4 Å². The fourth-order valence-electron chi connectivity index (χ4n) is 3.13. The first kappa shape index (κ1) is 15.8. The van der Waals surface area contributed by atoms with Crippen molar-refractivity contribution in [1.82, 2.24) is 15.1 Å². The molecule has 0 aromatic carbocycles. The van der Waals surface area contributed by atoms with Gasteiger partial charge in [-0.3, -0.25) is 4.90 Å². The third-order valence-electron chi connectivity index (χ3n) is 4.54. The number of amides is 2. The molecule has 2 atom stereocenters. The highest BCUT2D eigenvalue weighted by molar-refractivity contribution is 7.10. The summed E-state index contributed by atoms with van der Waals surface area (Å²) in [5, 5.41) is 5.26. The van der Waals surface area contributed by atoms with Gasteiger partial charge in [0.1, 0.15) is 0 Å². The van der Waals surface area contributed by atoms with E-state index in [0.717, 1.165) is 19.5 Å². The van der Waals surface area contributed by atoms with Gasteiger partial charge in [-0.2, -0.15) is 0 Å². The molecule has 1 aromatic rings. The minimum absolute atomic E-state index is 0.0373. The van der Waals surface area contributed by atoms with Gasteiger partial charge in [-0.05, 0) is 37.3 Å². The predicted molar refractivity (Wildman–Crippen MR) is 88.3 cm³/mol. The van der Waals surface area contributed by atoms with Gasteiger partial charge in [-0.1, -0.05) is 0 Å². The van der Waals surface area contributed by atoms with Gasteiger partial charge in [0, 0.05) is 43.6 Å². The van der Waals surface area contributed by atoms with Crippen LogP contribution in [0.25, 0.3) is 0 Å². The summed E-state index contributed by atoms with van der Waals surface area (Å²) >= 11 is 1.86. The summed E-state index contributed by atoms with van der Waals surface area (Å²) < 4.78 is 5.48. The number of fused-ring (bicyclic) bond motifs is 1. The fourth-order valence-corrected chi connectivity index (χ4v) is 4.02. The van der Waals surface area contributed by atoms with Crippen molar-refractivity contribution in [3.05, 3.63) is 21.9 Å². The van der Waals surface area contributed by atoms with Crippen LogP contribution in [0.1, 0.15) is 24.3 Å². The van der Waals surface area contributed by atoms with Crippen LogP contribution in [0.5, 0.6) is 0 Å². The van der Waals surface area contributed by atoms with E-state index < -0.39 is 0 Å². The quantitative estimate of drug-likeness (QED) is 0.924. The smallest absolute Gasteiger partial charge is 0.317 e. The van der Waals surface area contributed by atoms with Crippen molar-refractivity contribution in [3.8, 4) is 0 Å². The Labute approximate surface area is 136 Å². The molecule has 2 aliphatic rings. The molecule has 1 N–H and O–H groups in total. The Balaban J connectivity index is 1.46. The summed E-state index contributed by atoms with van der Waals surface area (Å²) in [6.07, 6.45) is 1.27. The third kappa shape index (κ3) is 3.62. The van der Waals surface area contributed by atoms with E-state index in [9.17, 15) is 4.79 Å². The highest BCUT2D eigenvalue weighted by Gasteiger charge is 2.24. The zero-order chi connectivity index (χ0) is 15.5. The monoisotopic (exact) mass is 323 g/mol. The van der Waals surface area contributed by atoms with E-state index in [2.05, 4.69) is 28.6 Å². The summed E-state index contributed by atoms with van der Waals surface area (Å²) in [6.45, 7) is 8.99. The van der Waals surface area contributed by atoms with E-state index in [1.165, 1.54) is 10.4 Å². The minimum Gasteiger partial charge on any atom is -0.375 e. The van der Waals surface area contributed by atoms with Gasteiger partial charge < -0.3 is 15.0 Å². The van der Waals surface area contributed by atoms with Crippen LogP contribution in [0.2, 0.25) is 0 Å². The second-order valence-electron chi connectivity index (χ2n) is 6.25. The number of nitrogens with one attached hydrogen (secondary N) is 1. The van der Waals surface area contributed by atoms with Crippen LogP contribution in [-0.2, 0) is 17.7 Å². The van der Waals surface area contributed by atoms with Crippen LogP contribution in [-0.4, -0.2) is 60.8 Å². The maximum Gasteiger partial charge on any atom is 0.317 e. The van der Waals surface area contributed by atoms with E-state index in [0.29, 0.717) is 32.3 Å². The highest BCUT2D eigenvalue weighted by Crippen LogP contribution is 2.24. The van der Waals surface area contributed by atoms with Crippen LogP contribution >= 0.6 is 11.3 Å². The van der Waals surface area contributed by atoms with E-state index in [4.69, 9.17) is 4.74 Å². The molecule has 1 saturated heterocycles. The first-order valence-corrected chi connectivity index (χ1v) is 8.95. The van der Waals surface area contributed by atoms with Crippen LogP contribution in [0.15, 0.2) is 11.4 Å². The first-order valence-electron chi connectivity index (χ1n) is 8.07. The second-order valence-corrected chi connectivity index (χ2v) is 7.25. The number of hydrogen-bond acceptors (Lipinski definition) is 4. The first-order chi connectivity index (χ1) is 10.6. The van der Waals surface area contributed by atoms with Crippen molar-refractivity contribution in [3.63, 3.8) is 0 Å². The van der Waals surface area contributed by atoms with Crippen molar-refractivity contribution in [1.29, 1.82) is 0 Å². The Morgan fingerprint density at radius 2 is 2.41 bits per heavy atom. The van der Waals surface area contributed by atoms with Gasteiger partial charge >= 0.3 is 6.03 Å². The van der Waals surface area contributed by atoms with Gasteiger partial charge in [-0.25, -0.2) is 4.79 Å². The molecule has 2 aliphatic heterocycles. The molecule has 22 heavy (non-hydrogen) atoms.